The highest BCUT2D eigenvalue weighted by Crippen LogP contribution is 2.19. The van der Waals surface area contributed by atoms with E-state index < -0.39 is 23.5 Å². The van der Waals surface area contributed by atoms with Crippen LogP contribution in [0.15, 0.2) is 0 Å². The van der Waals surface area contributed by atoms with Crippen molar-refractivity contribution in [2.45, 2.75) is 40.7 Å². The lowest BCUT2D eigenvalue weighted by Crippen LogP contribution is -2.50. The normalized spacial score (nSPS) is 12.7. The molecule has 2 amide bonds. The fraction of sp³-hybridized carbons (Fsp3) is 0.583. The third-order valence-electron chi connectivity index (χ3n) is 2.71. The van der Waals surface area contributed by atoms with Crippen LogP contribution in [0.4, 0.5) is 10.7 Å². The number of carbonyl (C=O) groups excluding carboxylic acids is 1. The van der Waals surface area contributed by atoms with Gasteiger partial charge in [-0.15, -0.1) is 5.10 Å². The van der Waals surface area contributed by atoms with Crippen LogP contribution < -0.4 is 10.6 Å². The fourth-order valence-corrected chi connectivity index (χ4v) is 1.43. The number of hydrogen-bond acceptors (Lipinski definition) is 5. The van der Waals surface area contributed by atoms with Gasteiger partial charge in [0.2, 0.25) is 0 Å². The summed E-state index contributed by atoms with van der Waals surface area (Å²) in [5, 5.41) is 21.4. The van der Waals surface area contributed by atoms with Crippen molar-refractivity contribution in [3.05, 3.63) is 11.4 Å². The number of carboxylic acids is 1. The summed E-state index contributed by atoms with van der Waals surface area (Å²) in [5.41, 5.74) is 0.681. The van der Waals surface area contributed by atoms with Crippen molar-refractivity contribution in [1.82, 2.24) is 20.5 Å². The van der Waals surface area contributed by atoms with Crippen LogP contribution in [0, 0.1) is 19.3 Å². The van der Waals surface area contributed by atoms with E-state index in [0.29, 0.717) is 11.4 Å². The first kappa shape index (κ1) is 15.8. The molecule has 0 aromatic carbocycles. The van der Waals surface area contributed by atoms with E-state index in [1.807, 2.05) is 0 Å². The number of aromatic nitrogens is 3. The average molecular weight is 281 g/mol. The summed E-state index contributed by atoms with van der Waals surface area (Å²) >= 11 is 0. The van der Waals surface area contributed by atoms with Crippen LogP contribution in [-0.2, 0) is 4.79 Å². The van der Waals surface area contributed by atoms with Gasteiger partial charge in [-0.1, -0.05) is 20.8 Å². The zero-order chi connectivity index (χ0) is 15.5. The number of aliphatic carboxylic acids is 1. The van der Waals surface area contributed by atoms with Crippen LogP contribution >= 0.6 is 0 Å². The van der Waals surface area contributed by atoms with Crippen molar-refractivity contribution in [3.8, 4) is 0 Å². The van der Waals surface area contributed by atoms with Gasteiger partial charge in [0.25, 0.3) is 5.95 Å². The average Bonchev–Trinajstić information content (AvgIpc) is 2.29. The van der Waals surface area contributed by atoms with E-state index in [1.54, 1.807) is 34.6 Å². The first-order valence-electron chi connectivity index (χ1n) is 6.09. The minimum atomic E-state index is -1.10. The molecule has 0 aliphatic carbocycles. The largest absolute Gasteiger partial charge is 0.480 e. The number of carboxylic acid groups (broad SMARTS) is 1. The number of nitrogens with zero attached hydrogens (tertiary/aromatic N) is 3. The number of nitrogens with one attached hydrogen (secondary N) is 2. The maximum atomic E-state index is 11.8. The van der Waals surface area contributed by atoms with Crippen LogP contribution in [0.3, 0.4) is 0 Å². The molecule has 0 spiro atoms. The second kappa shape index (κ2) is 5.81. The molecule has 1 heterocycles. The maximum Gasteiger partial charge on any atom is 0.326 e. The van der Waals surface area contributed by atoms with Gasteiger partial charge in [-0.25, -0.2) is 14.6 Å². The molecule has 1 aromatic heterocycles. The molecule has 20 heavy (non-hydrogen) atoms. The zero-order valence-electron chi connectivity index (χ0n) is 12.2. The molecule has 8 heteroatoms. The Morgan fingerprint density at radius 1 is 1.15 bits per heavy atom. The number of carbonyl (C=O) groups is 2. The fourth-order valence-electron chi connectivity index (χ4n) is 1.43. The van der Waals surface area contributed by atoms with Gasteiger partial charge in [0.15, 0.2) is 0 Å². The van der Waals surface area contributed by atoms with Crippen molar-refractivity contribution >= 4 is 17.9 Å². The number of anilines is 1. The molecule has 1 rings (SSSR count). The summed E-state index contributed by atoms with van der Waals surface area (Å²) < 4.78 is 0. The molecule has 0 radical (unpaired) electrons. The summed E-state index contributed by atoms with van der Waals surface area (Å²) in [6.07, 6.45) is 0. The highest BCUT2D eigenvalue weighted by Gasteiger charge is 2.32. The minimum absolute atomic E-state index is 0.0312. The van der Waals surface area contributed by atoms with Gasteiger partial charge in [0.05, 0.1) is 11.4 Å². The number of hydrogen-bond donors (Lipinski definition) is 3. The van der Waals surface area contributed by atoms with Crippen molar-refractivity contribution < 1.29 is 14.7 Å². The lowest BCUT2D eigenvalue weighted by molar-refractivity contribution is -0.141. The predicted octanol–water partition coefficient (Wildman–Crippen LogP) is 1.11. The Labute approximate surface area is 117 Å². The smallest absolute Gasteiger partial charge is 0.326 e. The van der Waals surface area contributed by atoms with E-state index in [1.165, 1.54) is 0 Å². The Morgan fingerprint density at radius 3 is 2.20 bits per heavy atom. The molecule has 0 saturated carbocycles. The monoisotopic (exact) mass is 281 g/mol. The van der Waals surface area contributed by atoms with Gasteiger partial charge in [0.1, 0.15) is 6.04 Å². The van der Waals surface area contributed by atoms with Crippen LogP contribution in [-0.4, -0.2) is 38.3 Å². The van der Waals surface area contributed by atoms with Gasteiger partial charge in [0, 0.05) is 0 Å². The standard InChI is InChI=1S/C12H19N5O3/c1-6-7(2)16-17-10(13-6)15-11(20)14-8(9(18)19)12(3,4)5/h8H,1-5H3,(H,18,19)(H2,13,14,15,17,20)/t8-/m0/s1. The molecule has 0 saturated heterocycles. The molecule has 0 unspecified atom stereocenters. The first-order chi connectivity index (χ1) is 9.11. The molecular formula is C12H19N5O3. The first-order valence-corrected chi connectivity index (χ1v) is 6.09. The van der Waals surface area contributed by atoms with Crippen LogP contribution in [0.1, 0.15) is 32.2 Å². The quantitative estimate of drug-likeness (QED) is 0.764. The van der Waals surface area contributed by atoms with Crippen molar-refractivity contribution in [1.29, 1.82) is 0 Å². The molecule has 0 fully saturated rings. The number of urea groups is 1. The molecule has 1 aromatic rings. The predicted molar refractivity (Wildman–Crippen MR) is 72.3 cm³/mol. The number of aryl methyl sites for hydroxylation is 2. The second-order valence-electron chi connectivity index (χ2n) is 5.54. The molecule has 1 atom stereocenters. The molecule has 0 aliphatic rings. The summed E-state index contributed by atoms with van der Waals surface area (Å²) in [4.78, 5) is 27.0. The van der Waals surface area contributed by atoms with Gasteiger partial charge in [-0.2, -0.15) is 5.10 Å². The SMILES string of the molecule is Cc1nnc(NC(=O)N[C@@H](C(=O)O)C(C)(C)C)nc1C. The Balaban J connectivity index is 2.76. The van der Waals surface area contributed by atoms with Crippen molar-refractivity contribution in [2.75, 3.05) is 5.32 Å². The molecule has 3 N–H and O–H groups in total. The Hall–Kier alpha value is -2.25. The highest BCUT2D eigenvalue weighted by molar-refractivity contribution is 5.91. The number of rotatable bonds is 3. The van der Waals surface area contributed by atoms with E-state index in [0.717, 1.165) is 0 Å². The van der Waals surface area contributed by atoms with Crippen LogP contribution in [0.2, 0.25) is 0 Å². The van der Waals surface area contributed by atoms with E-state index >= 15 is 0 Å². The zero-order valence-corrected chi connectivity index (χ0v) is 12.2. The highest BCUT2D eigenvalue weighted by atomic mass is 16.4. The summed E-state index contributed by atoms with van der Waals surface area (Å²) in [6.45, 7) is 8.65. The molecule has 0 bridgehead atoms. The molecule has 0 aliphatic heterocycles. The Morgan fingerprint density at radius 2 is 1.75 bits per heavy atom. The van der Waals surface area contributed by atoms with Gasteiger partial charge >= 0.3 is 12.0 Å². The third-order valence-corrected chi connectivity index (χ3v) is 2.71. The van der Waals surface area contributed by atoms with Gasteiger partial charge in [-0.05, 0) is 19.3 Å². The topological polar surface area (TPSA) is 117 Å². The minimum Gasteiger partial charge on any atom is -0.480 e. The number of amides is 2. The molecular weight excluding hydrogens is 262 g/mol. The van der Waals surface area contributed by atoms with Crippen molar-refractivity contribution in [3.63, 3.8) is 0 Å². The Kier molecular flexibility index (Phi) is 4.59. The van der Waals surface area contributed by atoms with E-state index in [9.17, 15) is 9.59 Å². The van der Waals surface area contributed by atoms with E-state index in [-0.39, 0.29) is 5.95 Å². The summed E-state index contributed by atoms with van der Waals surface area (Å²) in [7, 11) is 0. The maximum absolute atomic E-state index is 11.8. The second-order valence-corrected chi connectivity index (χ2v) is 5.54. The van der Waals surface area contributed by atoms with Crippen LogP contribution in [0.5, 0.6) is 0 Å². The summed E-state index contributed by atoms with van der Waals surface area (Å²) in [6, 6.07) is -1.71. The molecule has 8 nitrogen and oxygen atoms in total. The van der Waals surface area contributed by atoms with Gasteiger partial charge in [-0.3, -0.25) is 5.32 Å². The van der Waals surface area contributed by atoms with E-state index in [4.69, 9.17) is 5.11 Å². The van der Waals surface area contributed by atoms with E-state index in [2.05, 4.69) is 25.8 Å². The lowest BCUT2D eigenvalue weighted by Gasteiger charge is -2.27. The summed E-state index contributed by atoms with van der Waals surface area (Å²) in [5.74, 6) is -1.07. The van der Waals surface area contributed by atoms with Crippen molar-refractivity contribution in [2.24, 2.45) is 5.41 Å². The lowest BCUT2D eigenvalue weighted by atomic mass is 9.87. The third kappa shape index (κ3) is 4.15. The Bertz CT molecular complexity index is 524. The molecule has 110 valence electrons. The van der Waals surface area contributed by atoms with Crippen LogP contribution in [0.25, 0.3) is 0 Å². The van der Waals surface area contributed by atoms with Gasteiger partial charge < -0.3 is 10.4 Å².